The van der Waals surface area contributed by atoms with Crippen LogP contribution in [0.4, 0.5) is 0 Å². The monoisotopic (exact) mass is 147 g/mol. The Bertz CT molecular complexity index is 116. The highest BCUT2D eigenvalue weighted by molar-refractivity contribution is 5.72. The minimum absolute atomic E-state index is 0.00583. The first kappa shape index (κ1) is 9.39. The van der Waals surface area contributed by atoms with Gasteiger partial charge in [-0.15, -0.1) is 0 Å². The molecule has 0 aromatic carbocycles. The van der Waals surface area contributed by atoms with Crippen LogP contribution in [0.3, 0.4) is 0 Å². The number of aliphatic carboxylic acids is 1. The lowest BCUT2D eigenvalue weighted by atomic mass is 10.3. The number of carbonyl (C=O) groups is 1. The van der Waals surface area contributed by atoms with E-state index in [9.17, 15) is 4.79 Å². The van der Waals surface area contributed by atoms with Gasteiger partial charge in [0.1, 0.15) is 6.04 Å². The molecule has 0 spiro atoms. The van der Waals surface area contributed by atoms with E-state index < -0.39 is 12.0 Å². The van der Waals surface area contributed by atoms with Gasteiger partial charge in [-0.05, 0) is 14.0 Å². The number of likely N-dealkylation sites (N-methyl/N-ethyl adjacent to an activating group) is 1. The van der Waals surface area contributed by atoms with E-state index in [2.05, 4.69) is 0 Å². The van der Waals surface area contributed by atoms with Gasteiger partial charge in [0.05, 0.1) is 6.61 Å². The lowest BCUT2D eigenvalue weighted by Crippen LogP contribution is -2.37. The minimum atomic E-state index is -0.865. The third-order valence-electron chi connectivity index (χ3n) is 1.47. The molecule has 0 saturated heterocycles. The average Bonchev–Trinajstić information content (AvgIpc) is 1.87. The molecule has 0 aliphatic carbocycles. The molecule has 0 aliphatic heterocycles. The van der Waals surface area contributed by atoms with Crippen molar-refractivity contribution in [3.63, 3.8) is 0 Å². The van der Waals surface area contributed by atoms with E-state index in [0.717, 1.165) is 0 Å². The number of aliphatic hydroxyl groups excluding tert-OH is 1. The lowest BCUT2D eigenvalue weighted by molar-refractivity contribution is -0.142. The topological polar surface area (TPSA) is 60.8 Å². The van der Waals surface area contributed by atoms with Crippen molar-refractivity contribution >= 4 is 5.97 Å². The summed E-state index contributed by atoms with van der Waals surface area (Å²) in [5.41, 5.74) is 0. The molecule has 1 atom stereocenters. The lowest BCUT2D eigenvalue weighted by Gasteiger charge is -2.19. The molecule has 0 aromatic rings. The van der Waals surface area contributed by atoms with Crippen LogP contribution in [-0.2, 0) is 4.79 Å². The third-order valence-corrected chi connectivity index (χ3v) is 1.47. The maximum Gasteiger partial charge on any atom is 0.320 e. The normalized spacial score (nSPS) is 13.6. The van der Waals surface area contributed by atoms with Crippen molar-refractivity contribution in [1.29, 1.82) is 0 Å². The van der Waals surface area contributed by atoms with Crippen LogP contribution in [0, 0.1) is 0 Å². The number of hydrogen-bond acceptors (Lipinski definition) is 3. The minimum Gasteiger partial charge on any atom is -0.480 e. The highest BCUT2D eigenvalue weighted by Gasteiger charge is 2.14. The molecule has 4 heteroatoms. The van der Waals surface area contributed by atoms with Gasteiger partial charge in [0.2, 0.25) is 0 Å². The van der Waals surface area contributed by atoms with E-state index in [4.69, 9.17) is 10.2 Å². The summed E-state index contributed by atoms with van der Waals surface area (Å²) in [7, 11) is 1.66. The van der Waals surface area contributed by atoms with Gasteiger partial charge >= 0.3 is 5.97 Å². The van der Waals surface area contributed by atoms with Crippen molar-refractivity contribution in [2.75, 3.05) is 20.2 Å². The van der Waals surface area contributed by atoms with E-state index in [1.54, 1.807) is 18.9 Å². The van der Waals surface area contributed by atoms with Gasteiger partial charge in [-0.3, -0.25) is 9.69 Å². The van der Waals surface area contributed by atoms with Crippen molar-refractivity contribution in [3.05, 3.63) is 0 Å². The van der Waals surface area contributed by atoms with Crippen LogP contribution in [0.25, 0.3) is 0 Å². The summed E-state index contributed by atoms with van der Waals surface area (Å²) in [5.74, 6) is -0.865. The number of aliphatic hydroxyl groups is 1. The summed E-state index contributed by atoms with van der Waals surface area (Å²) in [4.78, 5) is 11.9. The Labute approximate surface area is 60.1 Å². The highest BCUT2D eigenvalue weighted by Crippen LogP contribution is 1.93. The molecule has 0 bridgehead atoms. The fraction of sp³-hybridized carbons (Fsp3) is 0.833. The molecule has 60 valence electrons. The molecule has 4 nitrogen and oxygen atoms in total. The Morgan fingerprint density at radius 2 is 2.20 bits per heavy atom. The summed E-state index contributed by atoms with van der Waals surface area (Å²) >= 11 is 0. The van der Waals surface area contributed by atoms with Crippen LogP contribution in [0.2, 0.25) is 0 Å². The van der Waals surface area contributed by atoms with Gasteiger partial charge in [-0.2, -0.15) is 0 Å². The van der Waals surface area contributed by atoms with E-state index in [1.165, 1.54) is 0 Å². The quantitative estimate of drug-likeness (QED) is 0.556. The molecule has 0 radical (unpaired) electrons. The summed E-state index contributed by atoms with van der Waals surface area (Å²) in [6.07, 6.45) is 0. The third kappa shape index (κ3) is 2.80. The second-order valence-electron chi connectivity index (χ2n) is 2.22. The Morgan fingerprint density at radius 3 is 2.50 bits per heavy atom. The molecule has 0 heterocycles. The zero-order valence-electron chi connectivity index (χ0n) is 6.24. The van der Waals surface area contributed by atoms with Crippen molar-refractivity contribution in [2.24, 2.45) is 0 Å². The second-order valence-corrected chi connectivity index (χ2v) is 2.22. The first-order valence-corrected chi connectivity index (χ1v) is 3.13. The van der Waals surface area contributed by atoms with E-state index >= 15 is 0 Å². The maximum absolute atomic E-state index is 10.3. The predicted molar refractivity (Wildman–Crippen MR) is 36.8 cm³/mol. The largest absolute Gasteiger partial charge is 0.480 e. The molecule has 2 N–H and O–H groups in total. The summed E-state index contributed by atoms with van der Waals surface area (Å²) in [6.45, 7) is 1.97. The molecule has 0 aromatic heterocycles. The Balaban J connectivity index is 3.69. The average molecular weight is 147 g/mol. The van der Waals surface area contributed by atoms with Gasteiger partial charge in [-0.1, -0.05) is 0 Å². The zero-order chi connectivity index (χ0) is 8.15. The van der Waals surface area contributed by atoms with Crippen molar-refractivity contribution in [3.8, 4) is 0 Å². The molecule has 0 rings (SSSR count). The predicted octanol–water partition coefficient (Wildman–Crippen LogP) is -0.616. The fourth-order valence-electron chi connectivity index (χ4n) is 0.540. The van der Waals surface area contributed by atoms with Crippen LogP contribution in [0.15, 0.2) is 0 Å². The highest BCUT2D eigenvalue weighted by atomic mass is 16.4. The smallest absolute Gasteiger partial charge is 0.320 e. The molecular formula is C6H13NO3. The standard InChI is InChI=1S/C6H13NO3/c1-5(6(9)10)7(2)3-4-8/h5,8H,3-4H2,1-2H3,(H,9,10). The van der Waals surface area contributed by atoms with E-state index in [1.807, 2.05) is 0 Å². The number of nitrogens with zero attached hydrogens (tertiary/aromatic N) is 1. The van der Waals surface area contributed by atoms with E-state index in [0.29, 0.717) is 6.54 Å². The first-order valence-electron chi connectivity index (χ1n) is 3.13. The molecule has 10 heavy (non-hydrogen) atoms. The summed E-state index contributed by atoms with van der Waals surface area (Å²) in [6, 6.07) is -0.521. The van der Waals surface area contributed by atoms with Crippen molar-refractivity contribution in [1.82, 2.24) is 4.90 Å². The summed E-state index contributed by atoms with van der Waals surface area (Å²) < 4.78 is 0. The second kappa shape index (κ2) is 4.24. The molecular weight excluding hydrogens is 134 g/mol. The Morgan fingerprint density at radius 1 is 1.70 bits per heavy atom. The molecule has 0 amide bonds. The summed E-state index contributed by atoms with van der Waals surface area (Å²) in [5, 5.41) is 16.9. The van der Waals surface area contributed by atoms with Crippen molar-refractivity contribution in [2.45, 2.75) is 13.0 Å². The fourth-order valence-corrected chi connectivity index (χ4v) is 0.540. The molecule has 0 aliphatic rings. The number of carboxylic acid groups (broad SMARTS) is 1. The van der Waals surface area contributed by atoms with Gasteiger partial charge < -0.3 is 10.2 Å². The SMILES string of the molecule is CC(C(=O)O)N(C)CCO. The van der Waals surface area contributed by atoms with Crippen LogP contribution in [0.5, 0.6) is 0 Å². The van der Waals surface area contributed by atoms with Gasteiger partial charge in [-0.25, -0.2) is 0 Å². The van der Waals surface area contributed by atoms with Crippen LogP contribution >= 0.6 is 0 Å². The van der Waals surface area contributed by atoms with Crippen LogP contribution in [0.1, 0.15) is 6.92 Å². The van der Waals surface area contributed by atoms with Crippen molar-refractivity contribution < 1.29 is 15.0 Å². The van der Waals surface area contributed by atoms with Gasteiger partial charge in [0.15, 0.2) is 0 Å². The number of hydrogen-bond donors (Lipinski definition) is 2. The van der Waals surface area contributed by atoms with Gasteiger partial charge in [0.25, 0.3) is 0 Å². The molecule has 0 saturated carbocycles. The maximum atomic E-state index is 10.3. The van der Waals surface area contributed by atoms with Crippen LogP contribution < -0.4 is 0 Å². The molecule has 1 unspecified atom stereocenters. The van der Waals surface area contributed by atoms with E-state index in [-0.39, 0.29) is 6.61 Å². The zero-order valence-corrected chi connectivity index (χ0v) is 6.24. The number of carboxylic acids is 1. The van der Waals surface area contributed by atoms with Gasteiger partial charge in [0, 0.05) is 6.54 Å². The van der Waals surface area contributed by atoms with Crippen LogP contribution in [-0.4, -0.2) is 47.3 Å². The Hall–Kier alpha value is -0.610. The number of rotatable bonds is 4. The Kier molecular flexibility index (Phi) is 3.99. The molecule has 0 fully saturated rings. The first-order chi connectivity index (χ1) is 4.59.